The summed E-state index contributed by atoms with van der Waals surface area (Å²) >= 11 is 0. The summed E-state index contributed by atoms with van der Waals surface area (Å²) in [7, 11) is 0. The lowest BCUT2D eigenvalue weighted by molar-refractivity contribution is -0.156. The van der Waals surface area contributed by atoms with E-state index in [0.29, 0.717) is 6.42 Å². The van der Waals surface area contributed by atoms with E-state index in [-0.39, 0.29) is 19.1 Å². The normalized spacial score (nSPS) is 28.9. The van der Waals surface area contributed by atoms with E-state index in [1.165, 1.54) is 0 Å². The van der Waals surface area contributed by atoms with Gasteiger partial charge in [0.25, 0.3) is 0 Å². The van der Waals surface area contributed by atoms with E-state index in [1.807, 2.05) is 0 Å². The molecule has 0 aromatic heterocycles. The first-order valence-corrected chi connectivity index (χ1v) is 3.60. The van der Waals surface area contributed by atoms with E-state index >= 15 is 0 Å². The third kappa shape index (κ3) is 2.11. The fraction of sp³-hybridized carbons (Fsp3) is 0.833. The van der Waals surface area contributed by atoms with E-state index < -0.39 is 12.1 Å². The first kappa shape index (κ1) is 8.83. The minimum absolute atomic E-state index is 0.112. The number of nitrogens with zero attached hydrogens (tertiary/aromatic N) is 3. The summed E-state index contributed by atoms with van der Waals surface area (Å²) < 4.78 is 4.74. The molecule has 1 rings (SSSR count). The van der Waals surface area contributed by atoms with Crippen molar-refractivity contribution in [3.63, 3.8) is 0 Å². The number of hydrogen-bond donors (Lipinski definition) is 1. The molecule has 1 N–H and O–H groups in total. The highest BCUT2D eigenvalue weighted by atomic mass is 16.6. The molecule has 1 aliphatic rings. The zero-order chi connectivity index (χ0) is 8.97. The molecule has 2 unspecified atom stereocenters. The van der Waals surface area contributed by atoms with Crippen LogP contribution in [0.1, 0.15) is 12.8 Å². The molecule has 0 spiro atoms. The number of cyclic esters (lactones) is 1. The van der Waals surface area contributed by atoms with Gasteiger partial charge in [0.15, 0.2) is 0 Å². The van der Waals surface area contributed by atoms with Crippen LogP contribution < -0.4 is 0 Å². The van der Waals surface area contributed by atoms with Gasteiger partial charge in [0.05, 0.1) is 19.1 Å². The lowest BCUT2D eigenvalue weighted by Crippen LogP contribution is -2.33. The molecule has 1 saturated heterocycles. The smallest absolute Gasteiger partial charge is 0.306 e. The van der Waals surface area contributed by atoms with Crippen molar-refractivity contribution in [3.8, 4) is 0 Å². The van der Waals surface area contributed by atoms with Gasteiger partial charge in [-0.3, -0.25) is 4.79 Å². The zero-order valence-electron chi connectivity index (χ0n) is 6.38. The number of ether oxygens (including phenoxy) is 1. The van der Waals surface area contributed by atoms with Crippen molar-refractivity contribution in [2.75, 3.05) is 6.61 Å². The molecule has 1 heterocycles. The third-order valence-corrected chi connectivity index (χ3v) is 1.65. The molecule has 0 bridgehead atoms. The van der Waals surface area contributed by atoms with Crippen LogP contribution in [0.15, 0.2) is 5.11 Å². The predicted molar refractivity (Wildman–Crippen MR) is 39.1 cm³/mol. The summed E-state index contributed by atoms with van der Waals surface area (Å²) in [5.41, 5.74) is 8.11. The maximum absolute atomic E-state index is 10.8. The van der Waals surface area contributed by atoms with Gasteiger partial charge in [-0.2, -0.15) is 0 Å². The molecular formula is C6H9N3O3. The maximum Gasteiger partial charge on any atom is 0.306 e. The van der Waals surface area contributed by atoms with E-state index in [4.69, 9.17) is 15.4 Å². The van der Waals surface area contributed by atoms with E-state index in [1.54, 1.807) is 0 Å². The SMILES string of the molecule is [N-]=[N+]=NC1CC(=O)OC(CO)C1. The molecule has 0 amide bonds. The number of rotatable bonds is 2. The van der Waals surface area contributed by atoms with Gasteiger partial charge in [-0.15, -0.1) is 0 Å². The molecule has 2 atom stereocenters. The predicted octanol–water partition coefficient (Wildman–Crippen LogP) is 0.363. The Morgan fingerprint density at radius 3 is 3.17 bits per heavy atom. The van der Waals surface area contributed by atoms with E-state index in [0.717, 1.165) is 0 Å². The van der Waals surface area contributed by atoms with Crippen LogP contribution in [0.5, 0.6) is 0 Å². The van der Waals surface area contributed by atoms with Crippen molar-refractivity contribution in [2.45, 2.75) is 25.0 Å². The molecule has 0 aromatic carbocycles. The van der Waals surface area contributed by atoms with E-state index in [9.17, 15) is 4.79 Å². The highest BCUT2D eigenvalue weighted by molar-refractivity contribution is 5.71. The number of hydrogen-bond acceptors (Lipinski definition) is 4. The largest absolute Gasteiger partial charge is 0.460 e. The fourth-order valence-corrected chi connectivity index (χ4v) is 1.13. The second-order valence-electron chi connectivity index (χ2n) is 2.59. The van der Waals surface area contributed by atoms with Gasteiger partial charge in [-0.25, -0.2) is 0 Å². The number of carbonyl (C=O) groups excluding carboxylic acids is 1. The summed E-state index contributed by atoms with van der Waals surface area (Å²) in [5.74, 6) is -0.419. The molecule has 1 aliphatic heterocycles. The van der Waals surface area contributed by atoms with Crippen molar-refractivity contribution in [1.29, 1.82) is 0 Å². The minimum Gasteiger partial charge on any atom is -0.460 e. The van der Waals surface area contributed by atoms with E-state index in [2.05, 4.69) is 10.0 Å². The highest BCUT2D eigenvalue weighted by Crippen LogP contribution is 2.17. The highest BCUT2D eigenvalue weighted by Gasteiger charge is 2.27. The van der Waals surface area contributed by atoms with Gasteiger partial charge in [0.2, 0.25) is 0 Å². The summed E-state index contributed by atoms with van der Waals surface area (Å²) in [6.45, 7) is -0.219. The van der Waals surface area contributed by atoms with Crippen molar-refractivity contribution >= 4 is 5.97 Å². The van der Waals surface area contributed by atoms with Crippen molar-refractivity contribution in [3.05, 3.63) is 10.4 Å². The van der Waals surface area contributed by atoms with Crippen LogP contribution in [-0.4, -0.2) is 29.8 Å². The zero-order valence-corrected chi connectivity index (χ0v) is 6.38. The first-order valence-electron chi connectivity index (χ1n) is 3.60. The van der Waals surface area contributed by atoms with Crippen molar-refractivity contribution in [2.24, 2.45) is 5.11 Å². The Hall–Kier alpha value is -1.26. The summed E-state index contributed by atoms with van der Waals surface area (Å²) in [5, 5.41) is 12.1. The average Bonchev–Trinajstić information content (AvgIpc) is 2.04. The Morgan fingerprint density at radius 2 is 2.58 bits per heavy atom. The third-order valence-electron chi connectivity index (χ3n) is 1.65. The van der Waals surface area contributed by atoms with Gasteiger partial charge in [-0.05, 0) is 12.0 Å². The van der Waals surface area contributed by atoms with Crippen LogP contribution in [0.2, 0.25) is 0 Å². The van der Waals surface area contributed by atoms with Crippen molar-refractivity contribution < 1.29 is 14.6 Å². The Morgan fingerprint density at radius 1 is 1.83 bits per heavy atom. The van der Waals surface area contributed by atoms with Crippen molar-refractivity contribution in [1.82, 2.24) is 0 Å². The molecule has 12 heavy (non-hydrogen) atoms. The molecule has 1 fully saturated rings. The summed E-state index contributed by atoms with van der Waals surface area (Å²) in [6, 6.07) is -0.367. The van der Waals surface area contributed by atoms with Crippen LogP contribution in [0.4, 0.5) is 0 Å². The molecule has 0 saturated carbocycles. The lowest BCUT2D eigenvalue weighted by atomic mass is 10.0. The van der Waals surface area contributed by atoms with Gasteiger partial charge >= 0.3 is 5.97 Å². The summed E-state index contributed by atoms with van der Waals surface area (Å²) in [4.78, 5) is 13.4. The summed E-state index contributed by atoms with van der Waals surface area (Å²) in [6.07, 6.45) is 0.00843. The monoisotopic (exact) mass is 171 g/mol. The molecule has 0 aliphatic carbocycles. The van der Waals surface area contributed by atoms with Gasteiger partial charge in [0, 0.05) is 4.91 Å². The minimum atomic E-state index is -0.512. The number of esters is 1. The molecule has 0 radical (unpaired) electrons. The van der Waals surface area contributed by atoms with Gasteiger partial charge < -0.3 is 9.84 Å². The Kier molecular flexibility index (Phi) is 2.90. The quantitative estimate of drug-likeness (QED) is 0.281. The number of carbonyl (C=O) groups is 1. The first-order chi connectivity index (χ1) is 5.76. The van der Waals surface area contributed by atoms with Crippen LogP contribution in [-0.2, 0) is 9.53 Å². The molecule has 66 valence electrons. The second kappa shape index (κ2) is 3.94. The Balaban J connectivity index is 2.56. The number of azide groups is 1. The number of aliphatic hydroxyl groups excluding tert-OH is 1. The molecule has 6 heteroatoms. The fourth-order valence-electron chi connectivity index (χ4n) is 1.13. The Bertz CT molecular complexity index is 224. The molecule has 6 nitrogen and oxygen atoms in total. The second-order valence-corrected chi connectivity index (χ2v) is 2.59. The maximum atomic E-state index is 10.8. The van der Waals surface area contributed by atoms with Gasteiger partial charge in [0.1, 0.15) is 6.10 Å². The van der Waals surface area contributed by atoms with Crippen LogP contribution in [0.3, 0.4) is 0 Å². The average molecular weight is 171 g/mol. The Labute approximate surface area is 68.8 Å². The topological polar surface area (TPSA) is 95.3 Å². The molecule has 0 aromatic rings. The lowest BCUT2D eigenvalue weighted by Gasteiger charge is -2.24. The standard InChI is InChI=1S/C6H9N3O3/c7-9-8-4-1-5(3-10)12-6(11)2-4/h4-5,10H,1-3H2. The van der Waals surface area contributed by atoms with Crippen LogP contribution >= 0.6 is 0 Å². The van der Waals surface area contributed by atoms with Gasteiger partial charge in [-0.1, -0.05) is 5.11 Å². The number of aliphatic hydroxyl groups is 1. The van der Waals surface area contributed by atoms with Crippen LogP contribution in [0.25, 0.3) is 10.4 Å². The molecular weight excluding hydrogens is 162 g/mol. The van der Waals surface area contributed by atoms with Crippen LogP contribution in [0, 0.1) is 0 Å².